The summed E-state index contributed by atoms with van der Waals surface area (Å²) in [7, 11) is 0. The molecule has 134 valence electrons. The van der Waals surface area contributed by atoms with E-state index in [0.717, 1.165) is 41.4 Å². The van der Waals surface area contributed by atoms with Gasteiger partial charge in [-0.25, -0.2) is 4.79 Å². The van der Waals surface area contributed by atoms with Crippen LogP contribution in [0.1, 0.15) is 59.8 Å². The molecule has 0 amide bonds. The average molecular weight is 349 g/mol. The minimum Gasteiger partial charge on any atom is -0.478 e. The quantitative estimate of drug-likeness (QED) is 0.722. The van der Waals surface area contributed by atoms with Gasteiger partial charge in [0.25, 0.3) is 0 Å². The van der Waals surface area contributed by atoms with Crippen LogP contribution in [0.15, 0.2) is 36.7 Å². The molecule has 26 heavy (non-hydrogen) atoms. The van der Waals surface area contributed by atoms with Crippen molar-refractivity contribution in [1.29, 1.82) is 0 Å². The molecular weight excluding hydrogens is 326 g/mol. The van der Waals surface area contributed by atoms with Crippen LogP contribution in [0.2, 0.25) is 0 Å². The van der Waals surface area contributed by atoms with Crippen molar-refractivity contribution in [3.63, 3.8) is 0 Å². The van der Waals surface area contributed by atoms with Gasteiger partial charge in [0.1, 0.15) is 0 Å². The zero-order valence-corrected chi connectivity index (χ0v) is 15.1. The number of aromatic carboxylic acids is 1. The van der Waals surface area contributed by atoms with E-state index in [1.165, 1.54) is 0 Å². The summed E-state index contributed by atoms with van der Waals surface area (Å²) in [6.07, 6.45) is 6.51. The fourth-order valence-corrected chi connectivity index (χ4v) is 3.41. The van der Waals surface area contributed by atoms with Gasteiger partial charge in [0, 0.05) is 24.5 Å². The van der Waals surface area contributed by atoms with Crippen molar-refractivity contribution in [3.8, 4) is 0 Å². The first-order chi connectivity index (χ1) is 12.5. The summed E-state index contributed by atoms with van der Waals surface area (Å²) in [6.45, 7) is 5.23. The second kappa shape index (κ2) is 6.56. The summed E-state index contributed by atoms with van der Waals surface area (Å²) in [4.78, 5) is 16.2. The molecule has 0 atom stereocenters. The van der Waals surface area contributed by atoms with Gasteiger partial charge in [-0.2, -0.15) is 5.10 Å². The number of rotatable bonds is 6. The summed E-state index contributed by atoms with van der Waals surface area (Å²) in [6, 6.07) is 8.00. The average Bonchev–Trinajstić information content (AvgIpc) is 3.38. The highest BCUT2D eigenvalue weighted by Gasteiger charge is 2.25. The van der Waals surface area contributed by atoms with Crippen molar-refractivity contribution in [3.05, 3.63) is 59.0 Å². The van der Waals surface area contributed by atoms with Crippen LogP contribution in [0.25, 0.3) is 10.9 Å². The fourth-order valence-electron chi connectivity index (χ4n) is 3.41. The highest BCUT2D eigenvalue weighted by atomic mass is 16.4. The number of hydrogen-bond acceptors (Lipinski definition) is 3. The van der Waals surface area contributed by atoms with E-state index in [-0.39, 0.29) is 0 Å². The first-order valence-corrected chi connectivity index (χ1v) is 9.18. The predicted molar refractivity (Wildman–Crippen MR) is 101 cm³/mol. The largest absolute Gasteiger partial charge is 0.478 e. The molecule has 0 aliphatic heterocycles. The lowest BCUT2D eigenvalue weighted by atomic mass is 10.0. The molecule has 1 aromatic carbocycles. The van der Waals surface area contributed by atoms with E-state index in [1.54, 1.807) is 0 Å². The highest BCUT2D eigenvalue weighted by molar-refractivity contribution is 5.89. The van der Waals surface area contributed by atoms with E-state index < -0.39 is 5.97 Å². The monoisotopic (exact) mass is 349 g/mol. The molecule has 3 aromatic rings. The van der Waals surface area contributed by atoms with Crippen LogP contribution in [-0.4, -0.2) is 25.8 Å². The molecule has 1 N–H and O–H groups in total. The van der Waals surface area contributed by atoms with Gasteiger partial charge in [0.15, 0.2) is 0 Å². The van der Waals surface area contributed by atoms with E-state index >= 15 is 0 Å². The number of benzene rings is 1. The van der Waals surface area contributed by atoms with Crippen molar-refractivity contribution >= 4 is 16.9 Å². The Bertz CT molecular complexity index is 971. The molecule has 1 aliphatic rings. The highest BCUT2D eigenvalue weighted by Crippen LogP contribution is 2.40. The van der Waals surface area contributed by atoms with E-state index in [2.05, 4.69) is 36.1 Å². The summed E-state index contributed by atoms with van der Waals surface area (Å²) in [5, 5.41) is 15.1. The van der Waals surface area contributed by atoms with E-state index in [1.807, 2.05) is 29.2 Å². The van der Waals surface area contributed by atoms with Gasteiger partial charge in [-0.15, -0.1) is 0 Å². The Kier molecular flexibility index (Phi) is 4.23. The van der Waals surface area contributed by atoms with Crippen molar-refractivity contribution in [2.24, 2.45) is 5.92 Å². The smallest absolute Gasteiger partial charge is 0.337 e. The van der Waals surface area contributed by atoms with Gasteiger partial charge in [-0.05, 0) is 54.0 Å². The first-order valence-electron chi connectivity index (χ1n) is 9.18. The molecule has 5 nitrogen and oxygen atoms in total. The molecule has 1 aliphatic carbocycles. The lowest BCUT2D eigenvalue weighted by Gasteiger charge is -2.09. The number of carboxylic acids is 1. The van der Waals surface area contributed by atoms with Gasteiger partial charge in [0.2, 0.25) is 0 Å². The Labute approximate surface area is 152 Å². The van der Waals surface area contributed by atoms with Gasteiger partial charge < -0.3 is 5.11 Å². The van der Waals surface area contributed by atoms with Gasteiger partial charge in [-0.1, -0.05) is 19.9 Å². The predicted octanol–water partition coefficient (Wildman–Crippen LogP) is 4.25. The second-order valence-electron chi connectivity index (χ2n) is 7.63. The van der Waals surface area contributed by atoms with E-state index in [9.17, 15) is 9.90 Å². The van der Waals surface area contributed by atoms with Crippen LogP contribution < -0.4 is 0 Å². The minimum atomic E-state index is -0.902. The SMILES string of the molecule is CC(C)Cn1ncc2cc(Cc3ncc(C4CC4)cc3C(=O)O)ccc21. The summed E-state index contributed by atoms with van der Waals surface area (Å²) in [5.74, 6) is 0.128. The fraction of sp³-hybridized carbons (Fsp3) is 0.381. The summed E-state index contributed by atoms with van der Waals surface area (Å²) >= 11 is 0. The molecule has 4 rings (SSSR count). The van der Waals surface area contributed by atoms with Gasteiger partial charge in [0.05, 0.1) is 23.0 Å². The van der Waals surface area contributed by atoms with Crippen LogP contribution in [-0.2, 0) is 13.0 Å². The second-order valence-corrected chi connectivity index (χ2v) is 7.63. The Balaban J connectivity index is 1.63. The van der Waals surface area contributed by atoms with E-state index in [0.29, 0.717) is 29.5 Å². The molecular formula is C21H23N3O2. The zero-order valence-electron chi connectivity index (χ0n) is 15.1. The maximum Gasteiger partial charge on any atom is 0.337 e. The van der Waals surface area contributed by atoms with Crippen molar-refractivity contribution in [2.75, 3.05) is 0 Å². The molecule has 0 spiro atoms. The van der Waals surface area contributed by atoms with E-state index in [4.69, 9.17) is 0 Å². The third-order valence-electron chi connectivity index (χ3n) is 4.89. The van der Waals surface area contributed by atoms with Crippen molar-refractivity contribution < 1.29 is 9.90 Å². The topological polar surface area (TPSA) is 68.0 Å². The number of pyridine rings is 1. The van der Waals surface area contributed by atoms with Crippen LogP contribution in [0.3, 0.4) is 0 Å². The van der Waals surface area contributed by atoms with Crippen molar-refractivity contribution in [2.45, 2.75) is 45.6 Å². The number of nitrogens with zero attached hydrogens (tertiary/aromatic N) is 3. The number of fused-ring (bicyclic) bond motifs is 1. The van der Waals surface area contributed by atoms with Gasteiger partial charge >= 0.3 is 5.97 Å². The minimum absolute atomic E-state index is 0.324. The zero-order chi connectivity index (χ0) is 18.3. The maximum absolute atomic E-state index is 11.7. The lowest BCUT2D eigenvalue weighted by molar-refractivity contribution is 0.0695. The lowest BCUT2D eigenvalue weighted by Crippen LogP contribution is -2.07. The van der Waals surface area contributed by atoms with Crippen LogP contribution in [0, 0.1) is 5.92 Å². The number of carboxylic acid groups (broad SMARTS) is 1. The molecule has 0 radical (unpaired) electrons. The Morgan fingerprint density at radius 2 is 2.08 bits per heavy atom. The molecule has 5 heteroatoms. The Morgan fingerprint density at radius 1 is 1.27 bits per heavy atom. The van der Waals surface area contributed by atoms with Crippen LogP contribution >= 0.6 is 0 Å². The number of hydrogen-bond donors (Lipinski definition) is 1. The Hall–Kier alpha value is -2.69. The Morgan fingerprint density at radius 3 is 2.77 bits per heavy atom. The third-order valence-corrected chi connectivity index (χ3v) is 4.89. The maximum atomic E-state index is 11.7. The van der Waals surface area contributed by atoms with Crippen molar-refractivity contribution in [1.82, 2.24) is 14.8 Å². The summed E-state index contributed by atoms with van der Waals surface area (Å²) in [5.41, 5.74) is 4.16. The number of carbonyl (C=O) groups is 1. The molecule has 0 unspecified atom stereocenters. The number of aromatic nitrogens is 3. The third kappa shape index (κ3) is 3.34. The molecule has 0 bridgehead atoms. The molecule has 2 heterocycles. The molecule has 2 aromatic heterocycles. The molecule has 0 saturated heterocycles. The normalized spacial score (nSPS) is 14.3. The molecule has 1 fully saturated rings. The van der Waals surface area contributed by atoms with Gasteiger partial charge in [-0.3, -0.25) is 9.67 Å². The van der Waals surface area contributed by atoms with Crippen LogP contribution in [0.4, 0.5) is 0 Å². The summed E-state index contributed by atoms with van der Waals surface area (Å²) < 4.78 is 2.02. The molecule has 1 saturated carbocycles. The van der Waals surface area contributed by atoms with Crippen LogP contribution in [0.5, 0.6) is 0 Å². The first kappa shape index (κ1) is 16.8. The standard InChI is InChI=1S/C21H23N3O2/c1-13(2)12-24-20-6-3-14(7-17(20)11-23-24)8-19-18(21(25)26)9-16(10-22-19)15-4-5-15/h3,6-7,9-11,13,15H,4-5,8,12H2,1-2H3,(H,25,26).